The molecule has 0 N–H and O–H groups in total. The molecule has 0 spiro atoms. The molecule has 156 valence electrons. The fourth-order valence-electron chi connectivity index (χ4n) is 3.32. The van der Waals surface area contributed by atoms with Gasteiger partial charge in [-0.3, -0.25) is 14.5 Å². The monoisotopic (exact) mass is 422 g/mol. The van der Waals surface area contributed by atoms with Crippen molar-refractivity contribution in [2.45, 2.75) is 33.4 Å². The van der Waals surface area contributed by atoms with E-state index in [-0.39, 0.29) is 29.1 Å². The summed E-state index contributed by atoms with van der Waals surface area (Å²) in [6.45, 7) is 6.23. The van der Waals surface area contributed by atoms with Crippen LogP contribution in [0.15, 0.2) is 28.7 Å². The number of hydrogen-bond donors (Lipinski definition) is 0. The van der Waals surface area contributed by atoms with Gasteiger partial charge in [-0.2, -0.15) is 0 Å². The minimum atomic E-state index is -0.595. The highest BCUT2D eigenvalue weighted by molar-refractivity contribution is 6.34. The predicted molar refractivity (Wildman–Crippen MR) is 106 cm³/mol. The summed E-state index contributed by atoms with van der Waals surface area (Å²) in [5, 5.41) is 0.173. The molecule has 29 heavy (non-hydrogen) atoms. The van der Waals surface area contributed by atoms with Gasteiger partial charge in [0, 0.05) is 33.1 Å². The van der Waals surface area contributed by atoms with Gasteiger partial charge < -0.3 is 14.1 Å². The second-order valence-electron chi connectivity index (χ2n) is 7.12. The zero-order chi connectivity index (χ0) is 21.0. The second-order valence-corrected chi connectivity index (χ2v) is 7.50. The molecule has 1 aliphatic heterocycles. The van der Waals surface area contributed by atoms with Crippen molar-refractivity contribution in [3.63, 3.8) is 0 Å². The summed E-state index contributed by atoms with van der Waals surface area (Å²) in [6.07, 6.45) is 0.762. The van der Waals surface area contributed by atoms with Crippen molar-refractivity contribution < 1.29 is 23.1 Å². The lowest BCUT2D eigenvalue weighted by Crippen LogP contribution is -2.35. The summed E-state index contributed by atoms with van der Waals surface area (Å²) in [4.78, 5) is 27.6. The molecule has 0 bridgehead atoms. The van der Waals surface area contributed by atoms with Crippen molar-refractivity contribution in [1.29, 1.82) is 0 Å². The van der Waals surface area contributed by atoms with Crippen molar-refractivity contribution in [3.05, 3.63) is 57.8 Å². The molecule has 1 saturated heterocycles. The smallest absolute Gasteiger partial charge is 0.303 e. The quantitative estimate of drug-likeness (QED) is 0.686. The van der Waals surface area contributed by atoms with Crippen LogP contribution in [-0.2, 0) is 22.7 Å². The van der Waals surface area contributed by atoms with Crippen molar-refractivity contribution in [2.24, 2.45) is 0 Å². The molecule has 1 amide bonds. The fourth-order valence-corrected chi connectivity index (χ4v) is 3.56. The van der Waals surface area contributed by atoms with Crippen LogP contribution in [0.4, 0.5) is 4.39 Å². The van der Waals surface area contributed by atoms with Crippen molar-refractivity contribution >= 4 is 23.5 Å². The van der Waals surface area contributed by atoms with Crippen LogP contribution in [0.25, 0.3) is 0 Å². The molecule has 0 radical (unpaired) electrons. The van der Waals surface area contributed by atoms with Gasteiger partial charge in [-0.1, -0.05) is 17.7 Å². The molecule has 2 heterocycles. The van der Waals surface area contributed by atoms with E-state index in [4.69, 9.17) is 20.8 Å². The number of carbonyl (C=O) groups is 2. The Morgan fingerprint density at radius 2 is 1.90 bits per heavy atom. The molecule has 2 aromatic rings. The van der Waals surface area contributed by atoms with Crippen LogP contribution < -0.4 is 0 Å². The number of esters is 1. The van der Waals surface area contributed by atoms with Gasteiger partial charge in [0.05, 0.1) is 17.1 Å². The lowest BCUT2D eigenvalue weighted by atomic mass is 10.1. The number of rotatable bonds is 5. The normalized spacial score (nSPS) is 15.2. The molecule has 8 heteroatoms. The summed E-state index contributed by atoms with van der Waals surface area (Å²) in [7, 11) is 0. The molecule has 0 unspecified atom stereocenters. The first-order valence-corrected chi connectivity index (χ1v) is 9.90. The van der Waals surface area contributed by atoms with Crippen LogP contribution in [0.3, 0.4) is 0 Å². The van der Waals surface area contributed by atoms with Crippen LogP contribution in [-0.4, -0.2) is 47.9 Å². The van der Waals surface area contributed by atoms with Crippen molar-refractivity contribution in [3.8, 4) is 0 Å². The van der Waals surface area contributed by atoms with Crippen LogP contribution in [0.2, 0.25) is 5.02 Å². The number of benzene rings is 1. The number of ether oxygens (including phenoxy) is 1. The van der Waals surface area contributed by atoms with Gasteiger partial charge in [0.15, 0.2) is 0 Å². The molecule has 1 aliphatic rings. The largest absolute Gasteiger partial charge is 0.461 e. The lowest BCUT2D eigenvalue weighted by Gasteiger charge is -2.22. The number of halogens is 2. The van der Waals surface area contributed by atoms with E-state index in [9.17, 15) is 14.0 Å². The van der Waals surface area contributed by atoms with E-state index in [1.165, 1.54) is 13.0 Å². The minimum Gasteiger partial charge on any atom is -0.461 e. The third-order valence-electron chi connectivity index (χ3n) is 4.89. The van der Waals surface area contributed by atoms with Crippen LogP contribution in [0, 0.1) is 12.7 Å². The standard InChI is InChI=1S/C21H24ClFN2O4/c1-14-4-7-18(23)19(20(14)22)21(27)25-9-3-8-24(10-11-25)12-16-5-6-17(29-16)13-28-15(2)26/h4-7H,3,8-13H2,1-2H3. The molecule has 0 atom stereocenters. The molecular formula is C21H24ClFN2O4. The van der Waals surface area contributed by atoms with Gasteiger partial charge in [-0.05, 0) is 37.1 Å². The van der Waals surface area contributed by atoms with Crippen molar-refractivity contribution in [1.82, 2.24) is 9.80 Å². The maximum absolute atomic E-state index is 14.2. The molecule has 1 aromatic heterocycles. The topological polar surface area (TPSA) is 63.0 Å². The van der Waals surface area contributed by atoms with E-state index >= 15 is 0 Å². The first-order chi connectivity index (χ1) is 13.8. The lowest BCUT2D eigenvalue weighted by molar-refractivity contribution is -0.142. The maximum atomic E-state index is 14.2. The van der Waals surface area contributed by atoms with E-state index in [0.29, 0.717) is 37.5 Å². The highest BCUT2D eigenvalue weighted by atomic mass is 35.5. The number of aryl methyl sites for hydroxylation is 1. The van der Waals surface area contributed by atoms with Crippen LogP contribution in [0.1, 0.15) is 40.8 Å². The Balaban J connectivity index is 1.60. The Kier molecular flexibility index (Phi) is 6.92. The van der Waals surface area contributed by atoms with Gasteiger partial charge in [0.25, 0.3) is 5.91 Å². The summed E-state index contributed by atoms with van der Waals surface area (Å²) < 4.78 is 24.9. The zero-order valence-corrected chi connectivity index (χ0v) is 17.3. The SMILES string of the molecule is CC(=O)OCc1ccc(CN2CCCN(C(=O)c3c(F)ccc(C)c3Cl)CC2)o1. The first-order valence-electron chi connectivity index (χ1n) is 9.52. The molecule has 0 aliphatic carbocycles. The summed E-state index contributed by atoms with van der Waals surface area (Å²) in [5.41, 5.74) is 0.622. The maximum Gasteiger partial charge on any atom is 0.303 e. The van der Waals surface area contributed by atoms with Gasteiger partial charge in [-0.25, -0.2) is 4.39 Å². The highest BCUT2D eigenvalue weighted by Gasteiger charge is 2.25. The third kappa shape index (κ3) is 5.36. The molecule has 3 rings (SSSR count). The van der Waals surface area contributed by atoms with Gasteiger partial charge in [-0.15, -0.1) is 0 Å². The summed E-state index contributed by atoms with van der Waals surface area (Å²) in [6, 6.07) is 6.49. The number of nitrogens with zero attached hydrogens (tertiary/aromatic N) is 2. The van der Waals surface area contributed by atoms with Gasteiger partial charge >= 0.3 is 5.97 Å². The molecule has 1 aromatic carbocycles. The minimum absolute atomic E-state index is 0.0544. The van der Waals surface area contributed by atoms with Gasteiger partial charge in [0.1, 0.15) is 23.9 Å². The number of furan rings is 1. The Bertz CT molecular complexity index is 899. The zero-order valence-electron chi connectivity index (χ0n) is 16.5. The molecule has 6 nitrogen and oxygen atoms in total. The Hall–Kier alpha value is -2.38. The van der Waals surface area contributed by atoms with E-state index in [1.54, 1.807) is 24.0 Å². The van der Waals surface area contributed by atoms with E-state index in [0.717, 1.165) is 18.7 Å². The predicted octanol–water partition coefficient (Wildman–Crippen LogP) is 3.79. The number of hydrogen-bond acceptors (Lipinski definition) is 5. The second kappa shape index (κ2) is 9.41. The highest BCUT2D eigenvalue weighted by Crippen LogP contribution is 2.25. The average Bonchev–Trinajstić information content (AvgIpc) is 2.99. The van der Waals surface area contributed by atoms with E-state index < -0.39 is 5.82 Å². The summed E-state index contributed by atoms with van der Waals surface area (Å²) >= 11 is 6.20. The van der Waals surface area contributed by atoms with Gasteiger partial charge in [0.2, 0.25) is 0 Å². The van der Waals surface area contributed by atoms with E-state index in [1.807, 2.05) is 6.07 Å². The molecule has 1 fully saturated rings. The fraction of sp³-hybridized carbons (Fsp3) is 0.429. The molecule has 0 saturated carbocycles. The Labute approximate surface area is 174 Å². The van der Waals surface area contributed by atoms with Crippen LogP contribution in [0.5, 0.6) is 0 Å². The third-order valence-corrected chi connectivity index (χ3v) is 5.38. The molecular weight excluding hydrogens is 399 g/mol. The van der Waals surface area contributed by atoms with E-state index in [2.05, 4.69) is 4.90 Å². The first kappa shape index (κ1) is 21.3. The summed E-state index contributed by atoms with van der Waals surface area (Å²) in [5.74, 6) is 0.0267. The Morgan fingerprint density at radius 3 is 2.66 bits per heavy atom. The number of carbonyl (C=O) groups excluding carboxylic acids is 2. The average molecular weight is 423 g/mol. The Morgan fingerprint density at radius 1 is 1.14 bits per heavy atom. The number of amides is 1. The van der Waals surface area contributed by atoms with Crippen LogP contribution >= 0.6 is 11.6 Å². The van der Waals surface area contributed by atoms with Crippen molar-refractivity contribution in [2.75, 3.05) is 26.2 Å².